The highest BCUT2D eigenvalue weighted by Crippen LogP contribution is 2.26. The van der Waals surface area contributed by atoms with Crippen LogP contribution in [0.5, 0.6) is 0 Å². The summed E-state index contributed by atoms with van der Waals surface area (Å²) < 4.78 is 0. The monoisotopic (exact) mass is 351 g/mol. The lowest BCUT2D eigenvalue weighted by Crippen LogP contribution is -1.85. The molecule has 0 fully saturated rings. The summed E-state index contributed by atoms with van der Waals surface area (Å²) in [5, 5.41) is 8.75. The van der Waals surface area contributed by atoms with Gasteiger partial charge in [0.15, 0.2) is 5.82 Å². The number of aromatic nitrogens is 3. The van der Waals surface area contributed by atoms with Crippen molar-refractivity contribution in [2.75, 3.05) is 5.75 Å². The fraction of sp³-hybridized carbons (Fsp3) is 0.556. The SMILES string of the molecule is CCCCCCCCCCSc1n[nH]c(-c2ccccc2Cl)n1. The van der Waals surface area contributed by atoms with Crippen LogP contribution in [-0.2, 0) is 0 Å². The number of unbranched alkanes of at least 4 members (excludes halogenated alkanes) is 7. The Hall–Kier alpha value is -1.00. The van der Waals surface area contributed by atoms with E-state index >= 15 is 0 Å². The van der Waals surface area contributed by atoms with Crippen molar-refractivity contribution in [2.45, 2.75) is 63.4 Å². The number of benzene rings is 1. The van der Waals surface area contributed by atoms with Crippen LogP contribution in [0.3, 0.4) is 0 Å². The number of aromatic amines is 1. The molecule has 0 unspecified atom stereocenters. The molecule has 0 bridgehead atoms. The number of H-pyrrole nitrogens is 1. The minimum atomic E-state index is 0.697. The van der Waals surface area contributed by atoms with E-state index in [1.807, 2.05) is 24.3 Å². The maximum Gasteiger partial charge on any atom is 0.208 e. The zero-order chi connectivity index (χ0) is 16.3. The molecule has 0 saturated heterocycles. The summed E-state index contributed by atoms with van der Waals surface area (Å²) in [6.45, 7) is 2.26. The summed E-state index contributed by atoms with van der Waals surface area (Å²) in [6, 6.07) is 7.69. The summed E-state index contributed by atoms with van der Waals surface area (Å²) in [6.07, 6.45) is 10.8. The summed E-state index contributed by atoms with van der Waals surface area (Å²) >= 11 is 7.90. The molecule has 0 amide bonds. The van der Waals surface area contributed by atoms with Gasteiger partial charge in [0.2, 0.25) is 5.16 Å². The summed E-state index contributed by atoms with van der Waals surface area (Å²) in [5.41, 5.74) is 0.903. The fourth-order valence-electron chi connectivity index (χ4n) is 2.48. The first kappa shape index (κ1) is 18.3. The first-order valence-corrected chi connectivity index (χ1v) is 9.97. The van der Waals surface area contributed by atoms with Gasteiger partial charge in [-0.25, -0.2) is 4.98 Å². The van der Waals surface area contributed by atoms with Crippen LogP contribution in [0.25, 0.3) is 11.4 Å². The van der Waals surface area contributed by atoms with Gasteiger partial charge in [-0.15, -0.1) is 5.10 Å². The highest BCUT2D eigenvalue weighted by molar-refractivity contribution is 7.99. The Morgan fingerprint density at radius 1 is 1.00 bits per heavy atom. The lowest BCUT2D eigenvalue weighted by Gasteiger charge is -2.00. The smallest absolute Gasteiger partial charge is 0.208 e. The molecule has 3 nitrogen and oxygen atoms in total. The fourth-order valence-corrected chi connectivity index (χ4v) is 3.51. The molecule has 0 atom stereocenters. The van der Waals surface area contributed by atoms with Crippen molar-refractivity contribution >= 4 is 23.4 Å². The van der Waals surface area contributed by atoms with Gasteiger partial charge in [0, 0.05) is 11.3 Å². The molecule has 0 radical (unpaired) electrons. The quantitative estimate of drug-likeness (QED) is 0.378. The van der Waals surface area contributed by atoms with E-state index in [-0.39, 0.29) is 0 Å². The van der Waals surface area contributed by atoms with Gasteiger partial charge in [-0.2, -0.15) is 0 Å². The molecule has 126 valence electrons. The number of hydrogen-bond acceptors (Lipinski definition) is 3. The van der Waals surface area contributed by atoms with Crippen LogP contribution in [0, 0.1) is 0 Å². The van der Waals surface area contributed by atoms with Crippen LogP contribution in [-0.4, -0.2) is 20.9 Å². The van der Waals surface area contributed by atoms with E-state index in [9.17, 15) is 0 Å². The highest BCUT2D eigenvalue weighted by atomic mass is 35.5. The Labute approximate surface area is 148 Å². The van der Waals surface area contributed by atoms with Crippen molar-refractivity contribution in [3.63, 3.8) is 0 Å². The third kappa shape index (κ3) is 6.56. The van der Waals surface area contributed by atoms with Crippen molar-refractivity contribution in [1.82, 2.24) is 15.2 Å². The molecule has 1 aromatic heterocycles. The summed E-state index contributed by atoms with van der Waals surface area (Å²) in [4.78, 5) is 4.52. The number of hydrogen-bond donors (Lipinski definition) is 1. The standard InChI is InChI=1S/C18H26ClN3S/c1-2-3-4-5-6-7-8-11-14-23-18-20-17(21-22-18)15-12-9-10-13-16(15)19/h9-10,12-13H,2-8,11,14H2,1H3,(H,20,21,22). The first-order chi connectivity index (χ1) is 11.3. The lowest BCUT2D eigenvalue weighted by atomic mass is 10.1. The second-order valence-electron chi connectivity index (χ2n) is 5.77. The van der Waals surface area contributed by atoms with Crippen LogP contribution in [0.1, 0.15) is 58.3 Å². The maximum absolute atomic E-state index is 6.18. The molecule has 1 aromatic carbocycles. The Bertz CT molecular complexity index is 571. The molecule has 1 N–H and O–H groups in total. The molecule has 5 heteroatoms. The average molecular weight is 352 g/mol. The largest absolute Gasteiger partial charge is 0.258 e. The van der Waals surface area contributed by atoms with Gasteiger partial charge in [-0.05, 0) is 18.6 Å². The Morgan fingerprint density at radius 3 is 2.43 bits per heavy atom. The first-order valence-electron chi connectivity index (χ1n) is 8.61. The van der Waals surface area contributed by atoms with E-state index in [0.29, 0.717) is 5.02 Å². The number of thioether (sulfide) groups is 1. The number of nitrogens with zero attached hydrogens (tertiary/aromatic N) is 2. The van der Waals surface area contributed by atoms with Crippen LogP contribution in [0.2, 0.25) is 5.02 Å². The van der Waals surface area contributed by atoms with Crippen LogP contribution in [0.4, 0.5) is 0 Å². The Morgan fingerprint density at radius 2 is 1.70 bits per heavy atom. The number of halogens is 1. The third-order valence-corrected chi connectivity index (χ3v) is 5.09. The van der Waals surface area contributed by atoms with Crippen LogP contribution in [0.15, 0.2) is 29.4 Å². The molecule has 0 aliphatic rings. The Balaban J connectivity index is 1.63. The van der Waals surface area contributed by atoms with Gasteiger partial charge in [-0.3, -0.25) is 5.10 Å². The van der Waals surface area contributed by atoms with E-state index in [1.165, 1.54) is 51.4 Å². The number of rotatable bonds is 11. The highest BCUT2D eigenvalue weighted by Gasteiger charge is 2.08. The van der Waals surface area contributed by atoms with Gasteiger partial charge in [0.05, 0.1) is 5.02 Å². The minimum absolute atomic E-state index is 0.697. The van der Waals surface area contributed by atoms with Crippen LogP contribution < -0.4 is 0 Å². The molecule has 1 heterocycles. The van der Waals surface area contributed by atoms with E-state index < -0.39 is 0 Å². The zero-order valence-corrected chi connectivity index (χ0v) is 15.4. The molecule has 2 aromatic rings. The minimum Gasteiger partial charge on any atom is -0.258 e. The van der Waals surface area contributed by atoms with Crippen molar-refractivity contribution in [3.8, 4) is 11.4 Å². The zero-order valence-electron chi connectivity index (χ0n) is 13.9. The molecule has 0 aliphatic heterocycles. The molecule has 0 saturated carbocycles. The molecule has 23 heavy (non-hydrogen) atoms. The second kappa shape index (κ2) is 10.7. The van der Waals surface area contributed by atoms with Gasteiger partial charge in [0.1, 0.15) is 0 Å². The van der Waals surface area contributed by atoms with Gasteiger partial charge < -0.3 is 0 Å². The molecular formula is C18H26ClN3S. The van der Waals surface area contributed by atoms with Crippen LogP contribution >= 0.6 is 23.4 Å². The molecule has 0 spiro atoms. The van der Waals surface area contributed by atoms with E-state index in [4.69, 9.17) is 11.6 Å². The maximum atomic E-state index is 6.18. The van der Waals surface area contributed by atoms with Crippen molar-refractivity contribution in [2.24, 2.45) is 0 Å². The third-order valence-electron chi connectivity index (χ3n) is 3.82. The summed E-state index contributed by atoms with van der Waals surface area (Å²) in [7, 11) is 0. The molecule has 2 rings (SSSR count). The van der Waals surface area contributed by atoms with E-state index in [2.05, 4.69) is 22.1 Å². The molecule has 0 aliphatic carbocycles. The van der Waals surface area contributed by atoms with Crippen molar-refractivity contribution < 1.29 is 0 Å². The number of nitrogens with one attached hydrogen (secondary N) is 1. The van der Waals surface area contributed by atoms with E-state index in [0.717, 1.165) is 22.3 Å². The lowest BCUT2D eigenvalue weighted by molar-refractivity contribution is 0.586. The molecular weight excluding hydrogens is 326 g/mol. The predicted molar refractivity (Wildman–Crippen MR) is 100 cm³/mol. The predicted octanol–water partition coefficient (Wildman–Crippen LogP) is 6.36. The Kier molecular flexibility index (Phi) is 8.54. The topological polar surface area (TPSA) is 41.6 Å². The van der Waals surface area contributed by atoms with Gasteiger partial charge in [0.25, 0.3) is 0 Å². The van der Waals surface area contributed by atoms with Gasteiger partial charge >= 0.3 is 0 Å². The average Bonchev–Trinajstić information content (AvgIpc) is 3.02. The normalized spacial score (nSPS) is 11.0. The van der Waals surface area contributed by atoms with Gasteiger partial charge in [-0.1, -0.05) is 87.4 Å². The summed E-state index contributed by atoms with van der Waals surface area (Å²) in [5.74, 6) is 1.82. The van der Waals surface area contributed by atoms with Crippen molar-refractivity contribution in [1.29, 1.82) is 0 Å². The second-order valence-corrected chi connectivity index (χ2v) is 7.24. The van der Waals surface area contributed by atoms with E-state index in [1.54, 1.807) is 11.8 Å². The van der Waals surface area contributed by atoms with Crippen molar-refractivity contribution in [3.05, 3.63) is 29.3 Å².